The third-order valence-electron chi connectivity index (χ3n) is 4.70. The van der Waals surface area contributed by atoms with Crippen molar-refractivity contribution in [2.45, 2.75) is 58.2 Å². The van der Waals surface area contributed by atoms with Crippen LogP contribution in [0.4, 0.5) is 0 Å². The van der Waals surface area contributed by atoms with Gasteiger partial charge >= 0.3 is 0 Å². The topological polar surface area (TPSA) is 144 Å². The lowest BCUT2D eigenvalue weighted by molar-refractivity contribution is -0.132. The number of carbonyl (C=O) groups is 4. The van der Waals surface area contributed by atoms with Crippen LogP contribution >= 0.6 is 0 Å². The molecule has 0 radical (unpaired) electrons. The molecule has 0 unspecified atom stereocenters. The minimum absolute atomic E-state index is 0.0484. The number of aromatic amines is 1. The molecule has 31 heavy (non-hydrogen) atoms. The van der Waals surface area contributed by atoms with E-state index in [4.69, 9.17) is 5.41 Å². The quantitative estimate of drug-likeness (QED) is 0.343. The van der Waals surface area contributed by atoms with Crippen LogP contribution in [-0.4, -0.2) is 52.8 Å². The molecule has 0 spiro atoms. The molecule has 2 atom stereocenters. The highest BCUT2D eigenvalue weighted by molar-refractivity contribution is 6.26. The minimum Gasteiger partial charge on any atom is -0.361 e. The summed E-state index contributed by atoms with van der Waals surface area (Å²) in [5.74, 6) is -1.75. The molecule has 5 N–H and O–H groups in total. The number of ketones is 1. The summed E-state index contributed by atoms with van der Waals surface area (Å²) in [6, 6.07) is 5.61. The van der Waals surface area contributed by atoms with Gasteiger partial charge in [-0.25, -0.2) is 0 Å². The van der Waals surface area contributed by atoms with Crippen LogP contribution in [0, 0.1) is 5.41 Å². The summed E-state index contributed by atoms with van der Waals surface area (Å²) in [6.07, 6.45) is 2.72. The Hall–Kier alpha value is -3.49. The van der Waals surface area contributed by atoms with E-state index in [2.05, 4.69) is 20.9 Å². The van der Waals surface area contributed by atoms with Gasteiger partial charge < -0.3 is 26.3 Å². The first kappa shape index (κ1) is 23.8. The van der Waals surface area contributed by atoms with E-state index in [-0.39, 0.29) is 31.2 Å². The summed E-state index contributed by atoms with van der Waals surface area (Å²) >= 11 is 0. The van der Waals surface area contributed by atoms with Crippen molar-refractivity contribution < 1.29 is 19.2 Å². The first-order chi connectivity index (χ1) is 14.7. The van der Waals surface area contributed by atoms with Crippen LogP contribution < -0.4 is 16.0 Å². The molecule has 0 aliphatic carbocycles. The average molecular weight is 428 g/mol. The summed E-state index contributed by atoms with van der Waals surface area (Å²) in [7, 11) is 0. The first-order valence-corrected chi connectivity index (χ1v) is 10.2. The van der Waals surface area contributed by atoms with Gasteiger partial charge in [0.2, 0.25) is 17.7 Å². The number of hydrogen-bond donors (Lipinski definition) is 5. The Morgan fingerprint density at radius 3 is 2.35 bits per heavy atom. The maximum absolute atomic E-state index is 13.0. The van der Waals surface area contributed by atoms with Crippen molar-refractivity contribution in [3.63, 3.8) is 0 Å². The first-order valence-electron chi connectivity index (χ1n) is 10.2. The number of hydrogen-bond acceptors (Lipinski definition) is 5. The van der Waals surface area contributed by atoms with Crippen LogP contribution in [0.5, 0.6) is 0 Å². The number of H-pyrrole nitrogens is 1. The van der Waals surface area contributed by atoms with E-state index in [0.29, 0.717) is 6.21 Å². The second kappa shape index (κ2) is 11.1. The fraction of sp³-hybridized carbons (Fsp3) is 0.409. The number of para-hydroxylation sites is 1. The number of amides is 3. The Balaban J connectivity index is 2.19. The molecular weight excluding hydrogens is 398 g/mol. The Morgan fingerprint density at radius 1 is 1.03 bits per heavy atom. The van der Waals surface area contributed by atoms with Crippen LogP contribution in [0.3, 0.4) is 0 Å². The maximum atomic E-state index is 13.0. The van der Waals surface area contributed by atoms with Crippen molar-refractivity contribution in [2.75, 3.05) is 0 Å². The number of benzene rings is 1. The zero-order chi connectivity index (χ0) is 23.0. The Morgan fingerprint density at radius 2 is 1.71 bits per heavy atom. The highest BCUT2D eigenvalue weighted by Gasteiger charge is 2.27. The summed E-state index contributed by atoms with van der Waals surface area (Å²) in [5, 5.41) is 16.0. The van der Waals surface area contributed by atoms with Crippen LogP contribution in [0.2, 0.25) is 0 Å². The third kappa shape index (κ3) is 7.06. The fourth-order valence-corrected chi connectivity index (χ4v) is 3.26. The molecule has 0 saturated heterocycles. The second-order valence-corrected chi connectivity index (χ2v) is 7.69. The number of aromatic nitrogens is 1. The van der Waals surface area contributed by atoms with E-state index in [1.807, 2.05) is 24.3 Å². The highest BCUT2D eigenvalue weighted by atomic mass is 16.2. The van der Waals surface area contributed by atoms with Gasteiger partial charge in [-0.15, -0.1) is 0 Å². The van der Waals surface area contributed by atoms with Gasteiger partial charge in [-0.2, -0.15) is 0 Å². The van der Waals surface area contributed by atoms with Crippen molar-refractivity contribution in [3.8, 4) is 0 Å². The molecule has 1 heterocycles. The van der Waals surface area contributed by atoms with E-state index >= 15 is 0 Å². The molecule has 1 aromatic carbocycles. The summed E-state index contributed by atoms with van der Waals surface area (Å²) in [5.41, 5.74) is 1.77. The fourth-order valence-electron chi connectivity index (χ4n) is 3.26. The van der Waals surface area contributed by atoms with Gasteiger partial charge in [-0.3, -0.25) is 19.2 Å². The van der Waals surface area contributed by atoms with Crippen molar-refractivity contribution in [1.82, 2.24) is 20.9 Å². The van der Waals surface area contributed by atoms with E-state index in [1.165, 1.54) is 6.92 Å². The van der Waals surface area contributed by atoms with Crippen LogP contribution in [-0.2, 0) is 25.6 Å². The zero-order valence-corrected chi connectivity index (χ0v) is 18.0. The third-order valence-corrected chi connectivity index (χ3v) is 4.70. The lowest BCUT2D eigenvalue weighted by Gasteiger charge is -2.23. The van der Waals surface area contributed by atoms with Gasteiger partial charge in [0.15, 0.2) is 5.78 Å². The van der Waals surface area contributed by atoms with Gasteiger partial charge in [0, 0.05) is 42.9 Å². The van der Waals surface area contributed by atoms with Crippen LogP contribution in [0.1, 0.15) is 39.2 Å². The Kier molecular flexibility index (Phi) is 8.48. The zero-order valence-electron chi connectivity index (χ0n) is 18.0. The summed E-state index contributed by atoms with van der Waals surface area (Å²) in [4.78, 5) is 51.9. The lowest BCUT2D eigenvalue weighted by atomic mass is 10.0. The molecule has 1 aromatic heterocycles. The predicted molar refractivity (Wildman–Crippen MR) is 118 cm³/mol. The Bertz CT molecular complexity index is 966. The SMILES string of the molecule is CC(=O)N[C@@H](Cc1c[nH]c2ccccc12)C(=O)N[C@@H](CCC(=O)C=N)C(=O)NC(C)C. The molecular formula is C22H29N5O4. The van der Waals surface area contributed by atoms with Gasteiger partial charge in [-0.05, 0) is 31.9 Å². The van der Waals surface area contributed by atoms with E-state index in [9.17, 15) is 19.2 Å². The highest BCUT2D eigenvalue weighted by Crippen LogP contribution is 2.19. The van der Waals surface area contributed by atoms with Gasteiger partial charge in [-0.1, -0.05) is 18.2 Å². The number of carbonyl (C=O) groups excluding carboxylic acids is 4. The van der Waals surface area contributed by atoms with Gasteiger partial charge in [0.05, 0.1) is 6.21 Å². The standard InChI is InChI=1S/C22H29N5O4/c1-13(2)25-21(30)19(9-8-16(29)11-23)27-22(31)20(26-14(3)28)10-15-12-24-18-7-5-4-6-17(15)18/h4-7,11-13,19-20,23-24H,8-10H2,1-3H3,(H,25,30)(H,26,28)(H,27,31)/t19-,20-/m0/s1. The monoisotopic (exact) mass is 427 g/mol. The van der Waals surface area contributed by atoms with E-state index in [0.717, 1.165) is 16.5 Å². The minimum atomic E-state index is -0.960. The summed E-state index contributed by atoms with van der Waals surface area (Å²) < 4.78 is 0. The van der Waals surface area contributed by atoms with Crippen molar-refractivity contribution in [2.24, 2.45) is 0 Å². The van der Waals surface area contributed by atoms with Gasteiger partial charge in [0.1, 0.15) is 12.1 Å². The number of rotatable bonds is 11. The predicted octanol–water partition coefficient (Wildman–Crippen LogP) is 1.22. The molecule has 0 fully saturated rings. The molecule has 166 valence electrons. The number of nitrogens with one attached hydrogen (secondary N) is 5. The van der Waals surface area contributed by atoms with Crippen molar-refractivity contribution in [3.05, 3.63) is 36.0 Å². The van der Waals surface area contributed by atoms with E-state index in [1.54, 1.807) is 20.0 Å². The number of fused-ring (bicyclic) bond motifs is 1. The van der Waals surface area contributed by atoms with Crippen molar-refractivity contribution >= 4 is 40.6 Å². The van der Waals surface area contributed by atoms with Gasteiger partial charge in [0.25, 0.3) is 0 Å². The molecule has 9 heteroatoms. The molecule has 0 aliphatic heterocycles. The largest absolute Gasteiger partial charge is 0.361 e. The van der Waals surface area contributed by atoms with Crippen molar-refractivity contribution in [1.29, 1.82) is 5.41 Å². The molecule has 2 aromatic rings. The molecule has 0 aliphatic rings. The van der Waals surface area contributed by atoms with Crippen LogP contribution in [0.15, 0.2) is 30.5 Å². The molecule has 0 bridgehead atoms. The van der Waals surface area contributed by atoms with Crippen LogP contribution in [0.25, 0.3) is 10.9 Å². The molecule has 3 amide bonds. The summed E-state index contributed by atoms with van der Waals surface area (Å²) in [6.45, 7) is 4.90. The smallest absolute Gasteiger partial charge is 0.243 e. The Labute approximate surface area is 180 Å². The normalized spacial score (nSPS) is 12.8. The molecule has 9 nitrogen and oxygen atoms in total. The number of Topliss-reactive ketones (excluding diaryl/α,β-unsaturated/α-hetero) is 1. The average Bonchev–Trinajstić information content (AvgIpc) is 3.12. The second-order valence-electron chi connectivity index (χ2n) is 7.69. The maximum Gasteiger partial charge on any atom is 0.243 e. The molecule has 2 rings (SSSR count). The molecule has 0 saturated carbocycles. The lowest BCUT2D eigenvalue weighted by Crippen LogP contribution is -2.55. The van der Waals surface area contributed by atoms with E-state index < -0.39 is 29.7 Å².